The molecular weight excluding hydrogens is 311 g/mol. The molecule has 0 aliphatic heterocycles. The van der Waals surface area contributed by atoms with Crippen LogP contribution in [0.2, 0.25) is 0 Å². The van der Waals surface area contributed by atoms with Crippen molar-refractivity contribution < 1.29 is 27.8 Å². The third-order valence-corrected chi connectivity index (χ3v) is 4.30. The number of methoxy groups -OCH3 is 1. The number of hydrogen-bond acceptors (Lipinski definition) is 4. The minimum atomic E-state index is -4.77. The number of rotatable bonds is 5. The van der Waals surface area contributed by atoms with Gasteiger partial charge in [0, 0.05) is 11.6 Å². The molecule has 1 aromatic carbocycles. The topological polar surface area (TPSA) is 64.7 Å². The lowest BCUT2D eigenvalue weighted by atomic mass is 9.81. The first kappa shape index (κ1) is 17.9. The molecule has 1 aliphatic carbocycles. The van der Waals surface area contributed by atoms with Crippen LogP contribution in [0.3, 0.4) is 0 Å². The van der Waals surface area contributed by atoms with Gasteiger partial charge in [0.2, 0.25) is 0 Å². The van der Waals surface area contributed by atoms with Crippen LogP contribution >= 0.6 is 0 Å². The van der Waals surface area contributed by atoms with Crippen LogP contribution in [0.25, 0.3) is 0 Å². The number of ether oxygens (including phenoxy) is 2. The zero-order valence-electron chi connectivity index (χ0n) is 13.0. The standard InChI is InChI=1S/C16H22F3NO3/c1-22-13-9-11(23-16(17,18)19)7-8-12(13)14(20)15(21)10-5-3-2-4-6-10/h7-10,14-15,21H,2-6,20H2,1H3/t14-,15+/m1/s1. The van der Waals surface area contributed by atoms with E-state index in [2.05, 4.69) is 4.74 Å². The lowest BCUT2D eigenvalue weighted by molar-refractivity contribution is -0.274. The summed E-state index contributed by atoms with van der Waals surface area (Å²) in [6.45, 7) is 0. The molecule has 130 valence electrons. The molecular formula is C16H22F3NO3. The highest BCUT2D eigenvalue weighted by Gasteiger charge is 2.32. The Morgan fingerprint density at radius 3 is 2.43 bits per heavy atom. The summed E-state index contributed by atoms with van der Waals surface area (Å²) in [5, 5.41) is 10.5. The molecule has 0 spiro atoms. The molecule has 7 heteroatoms. The number of hydrogen-bond donors (Lipinski definition) is 2. The first-order chi connectivity index (χ1) is 10.8. The van der Waals surface area contributed by atoms with Gasteiger partial charge >= 0.3 is 6.36 Å². The van der Waals surface area contributed by atoms with E-state index in [9.17, 15) is 18.3 Å². The van der Waals surface area contributed by atoms with Gasteiger partial charge in [-0.15, -0.1) is 13.2 Å². The first-order valence-corrected chi connectivity index (χ1v) is 7.69. The molecule has 1 saturated carbocycles. The van der Waals surface area contributed by atoms with E-state index < -0.39 is 18.5 Å². The van der Waals surface area contributed by atoms with Crippen LogP contribution in [-0.2, 0) is 0 Å². The predicted octanol–water partition coefficient (Wildman–Crippen LogP) is 3.53. The molecule has 1 fully saturated rings. The van der Waals surface area contributed by atoms with Gasteiger partial charge in [0.15, 0.2) is 0 Å². The fourth-order valence-corrected chi connectivity index (χ4v) is 3.12. The second-order valence-corrected chi connectivity index (χ2v) is 5.87. The quantitative estimate of drug-likeness (QED) is 0.865. The summed E-state index contributed by atoms with van der Waals surface area (Å²) >= 11 is 0. The molecule has 0 bridgehead atoms. The Morgan fingerprint density at radius 2 is 1.87 bits per heavy atom. The highest BCUT2D eigenvalue weighted by atomic mass is 19.4. The van der Waals surface area contributed by atoms with Gasteiger partial charge < -0.3 is 20.3 Å². The highest BCUT2D eigenvalue weighted by Crippen LogP contribution is 2.36. The van der Waals surface area contributed by atoms with Gasteiger partial charge in [0.1, 0.15) is 11.5 Å². The minimum Gasteiger partial charge on any atom is -0.496 e. The Kier molecular flexibility index (Phi) is 5.75. The molecule has 0 unspecified atom stereocenters. The Balaban J connectivity index is 2.17. The molecule has 2 rings (SSSR count). The van der Waals surface area contributed by atoms with Gasteiger partial charge in [0.05, 0.1) is 19.3 Å². The fraction of sp³-hybridized carbons (Fsp3) is 0.625. The molecule has 0 aromatic heterocycles. The molecule has 0 amide bonds. The Labute approximate surface area is 133 Å². The summed E-state index contributed by atoms with van der Waals surface area (Å²) in [5.74, 6) is -0.0962. The normalized spacial score (nSPS) is 19.2. The number of aliphatic hydroxyl groups excluding tert-OH is 1. The molecule has 2 atom stereocenters. The Bertz CT molecular complexity index is 516. The average Bonchev–Trinajstić information content (AvgIpc) is 2.52. The van der Waals surface area contributed by atoms with Crippen molar-refractivity contribution in [2.24, 2.45) is 11.7 Å². The van der Waals surface area contributed by atoms with E-state index in [1.165, 1.54) is 19.2 Å². The van der Waals surface area contributed by atoms with Gasteiger partial charge in [-0.05, 0) is 30.9 Å². The van der Waals surface area contributed by atoms with Crippen LogP contribution in [0.5, 0.6) is 11.5 Å². The Morgan fingerprint density at radius 1 is 1.22 bits per heavy atom. The zero-order valence-corrected chi connectivity index (χ0v) is 13.0. The summed E-state index contributed by atoms with van der Waals surface area (Å²) in [5.41, 5.74) is 6.60. The predicted molar refractivity (Wildman–Crippen MR) is 79.2 cm³/mol. The molecule has 0 radical (unpaired) electrons. The van der Waals surface area contributed by atoms with Crippen LogP contribution in [0.15, 0.2) is 18.2 Å². The maximum absolute atomic E-state index is 12.3. The van der Waals surface area contributed by atoms with E-state index in [1.807, 2.05) is 0 Å². The van der Waals surface area contributed by atoms with Crippen molar-refractivity contribution in [1.29, 1.82) is 0 Å². The van der Waals surface area contributed by atoms with E-state index in [0.717, 1.165) is 38.2 Å². The van der Waals surface area contributed by atoms with E-state index in [4.69, 9.17) is 10.5 Å². The fourth-order valence-electron chi connectivity index (χ4n) is 3.12. The third kappa shape index (κ3) is 4.75. The molecule has 0 saturated heterocycles. The van der Waals surface area contributed by atoms with Gasteiger partial charge in [-0.3, -0.25) is 0 Å². The molecule has 4 nitrogen and oxygen atoms in total. The van der Waals surface area contributed by atoms with Crippen LogP contribution in [0.4, 0.5) is 13.2 Å². The van der Waals surface area contributed by atoms with Gasteiger partial charge in [0.25, 0.3) is 0 Å². The maximum Gasteiger partial charge on any atom is 0.573 e. The van der Waals surface area contributed by atoms with Crippen LogP contribution in [0.1, 0.15) is 43.7 Å². The van der Waals surface area contributed by atoms with Crippen molar-refractivity contribution in [2.75, 3.05) is 7.11 Å². The lowest BCUT2D eigenvalue weighted by Crippen LogP contribution is -2.34. The number of halogens is 3. The SMILES string of the molecule is COc1cc(OC(F)(F)F)ccc1[C@@H](N)[C@@H](O)C1CCCCC1. The molecule has 23 heavy (non-hydrogen) atoms. The Hall–Kier alpha value is -1.47. The van der Waals surface area contributed by atoms with Crippen LogP contribution in [0, 0.1) is 5.92 Å². The molecule has 1 aromatic rings. The summed E-state index contributed by atoms with van der Waals surface area (Å²) in [6, 6.07) is 3.01. The van der Waals surface area contributed by atoms with Crippen molar-refractivity contribution in [3.05, 3.63) is 23.8 Å². The van der Waals surface area contributed by atoms with Crippen molar-refractivity contribution in [3.8, 4) is 11.5 Å². The van der Waals surface area contributed by atoms with Crippen molar-refractivity contribution >= 4 is 0 Å². The number of nitrogens with two attached hydrogens (primary N) is 1. The second kappa shape index (κ2) is 7.40. The van der Waals surface area contributed by atoms with E-state index in [0.29, 0.717) is 5.56 Å². The van der Waals surface area contributed by atoms with Gasteiger partial charge in [-0.25, -0.2) is 0 Å². The smallest absolute Gasteiger partial charge is 0.496 e. The van der Waals surface area contributed by atoms with Crippen molar-refractivity contribution in [1.82, 2.24) is 0 Å². The summed E-state index contributed by atoms with van der Waals surface area (Å²) in [4.78, 5) is 0. The lowest BCUT2D eigenvalue weighted by Gasteiger charge is -2.31. The number of benzene rings is 1. The molecule has 1 aliphatic rings. The van der Waals surface area contributed by atoms with Crippen molar-refractivity contribution in [2.45, 2.75) is 50.6 Å². The maximum atomic E-state index is 12.3. The number of alkyl halides is 3. The van der Waals surface area contributed by atoms with Gasteiger partial charge in [-0.1, -0.05) is 19.3 Å². The molecule has 3 N–H and O–H groups in total. The summed E-state index contributed by atoms with van der Waals surface area (Å²) in [6.07, 6.45) is -0.424. The van der Waals surface area contributed by atoms with E-state index >= 15 is 0 Å². The third-order valence-electron chi connectivity index (χ3n) is 4.30. The summed E-state index contributed by atoms with van der Waals surface area (Å²) in [7, 11) is 1.34. The monoisotopic (exact) mass is 333 g/mol. The van der Waals surface area contributed by atoms with Gasteiger partial charge in [-0.2, -0.15) is 0 Å². The number of aliphatic hydroxyl groups is 1. The second-order valence-electron chi connectivity index (χ2n) is 5.87. The van der Waals surface area contributed by atoms with Crippen molar-refractivity contribution in [3.63, 3.8) is 0 Å². The minimum absolute atomic E-state index is 0.106. The first-order valence-electron chi connectivity index (χ1n) is 7.69. The highest BCUT2D eigenvalue weighted by molar-refractivity contribution is 5.43. The van der Waals surface area contributed by atoms with E-state index in [-0.39, 0.29) is 17.4 Å². The van der Waals surface area contributed by atoms with E-state index in [1.54, 1.807) is 0 Å². The van der Waals surface area contributed by atoms with Crippen LogP contribution < -0.4 is 15.2 Å². The summed E-state index contributed by atoms with van der Waals surface area (Å²) < 4.78 is 45.8. The average molecular weight is 333 g/mol. The zero-order chi connectivity index (χ0) is 17.0. The molecule has 0 heterocycles. The largest absolute Gasteiger partial charge is 0.573 e. The van der Waals surface area contributed by atoms with Crippen LogP contribution in [-0.4, -0.2) is 24.7 Å².